The maximum Gasteiger partial charge on any atom is 0.348 e. The highest BCUT2D eigenvalue weighted by Gasteiger charge is 2.45. The summed E-state index contributed by atoms with van der Waals surface area (Å²) in [6.07, 6.45) is 2.22. The zero-order chi connectivity index (χ0) is 33.7. The van der Waals surface area contributed by atoms with E-state index in [-0.39, 0.29) is 46.9 Å². The molecule has 0 spiro atoms. The van der Waals surface area contributed by atoms with E-state index in [0.717, 1.165) is 32.4 Å². The number of H-pyrrole nitrogens is 1. The van der Waals surface area contributed by atoms with Crippen LogP contribution in [0.15, 0.2) is 83.7 Å². The number of unbranched alkanes of at least 4 members (excludes halogenated alkanes) is 1. The molecule has 3 fully saturated rings. The Labute approximate surface area is 278 Å². The number of nitrogens with one attached hydrogen (secondary N) is 3. The highest BCUT2D eigenvalue weighted by atomic mass is 16.6. The number of carbonyl (C=O) groups is 2. The lowest BCUT2D eigenvalue weighted by molar-refractivity contribution is -0.177. The van der Waals surface area contributed by atoms with Crippen LogP contribution in [0.5, 0.6) is 5.75 Å². The maximum atomic E-state index is 13.8. The second-order valence-electron chi connectivity index (χ2n) is 12.7. The van der Waals surface area contributed by atoms with Crippen LogP contribution in [0.4, 0.5) is 0 Å². The van der Waals surface area contributed by atoms with Crippen molar-refractivity contribution >= 4 is 22.8 Å². The second kappa shape index (κ2) is 14.7. The number of phenols is 1. The molecule has 0 aliphatic carbocycles. The summed E-state index contributed by atoms with van der Waals surface area (Å²) < 4.78 is 6.00. The van der Waals surface area contributed by atoms with Crippen molar-refractivity contribution in [1.29, 1.82) is 0 Å². The quantitative estimate of drug-likeness (QED) is 0.0940. The third-order valence-corrected chi connectivity index (χ3v) is 9.55. The number of rotatable bonds is 13. The molecule has 4 heterocycles. The third kappa shape index (κ3) is 7.14. The van der Waals surface area contributed by atoms with Crippen LogP contribution in [-0.2, 0) is 15.1 Å². The summed E-state index contributed by atoms with van der Waals surface area (Å²) in [4.78, 5) is 43.4. The number of phenolic OH excluding ortho intramolecular Hbond substituents is 1. The van der Waals surface area contributed by atoms with Gasteiger partial charge in [0.2, 0.25) is 11.2 Å². The first-order valence-corrected chi connectivity index (χ1v) is 16.6. The number of piperidine rings is 3. The van der Waals surface area contributed by atoms with Crippen molar-refractivity contribution in [1.82, 2.24) is 20.5 Å². The number of benzene rings is 3. The highest BCUT2D eigenvalue weighted by Crippen LogP contribution is 2.36. The van der Waals surface area contributed by atoms with Gasteiger partial charge >= 0.3 is 5.97 Å². The molecule has 3 atom stereocenters. The first-order valence-electron chi connectivity index (χ1n) is 16.6. The largest absolute Gasteiger partial charge is 0.506 e. The van der Waals surface area contributed by atoms with Gasteiger partial charge in [-0.3, -0.25) is 14.5 Å². The van der Waals surface area contributed by atoms with Crippen molar-refractivity contribution in [2.75, 3.05) is 39.3 Å². The van der Waals surface area contributed by atoms with E-state index in [0.29, 0.717) is 48.1 Å². The summed E-state index contributed by atoms with van der Waals surface area (Å²) in [5.41, 5.74) is -0.578. The second-order valence-corrected chi connectivity index (χ2v) is 12.7. The molecule has 3 saturated heterocycles. The van der Waals surface area contributed by atoms with E-state index in [1.807, 2.05) is 6.07 Å². The lowest BCUT2D eigenvalue weighted by Gasteiger charge is -2.44. The fraction of sp³-hybridized carbons (Fsp3) is 0.378. The first-order chi connectivity index (χ1) is 23.2. The summed E-state index contributed by atoms with van der Waals surface area (Å²) in [6, 6.07) is 21.2. The molecule has 11 nitrogen and oxygen atoms in total. The van der Waals surface area contributed by atoms with Gasteiger partial charge in [-0.1, -0.05) is 48.5 Å². The highest BCUT2D eigenvalue weighted by molar-refractivity contribution is 5.95. The van der Waals surface area contributed by atoms with Crippen molar-refractivity contribution in [3.05, 3.63) is 111 Å². The van der Waals surface area contributed by atoms with Crippen LogP contribution in [0.3, 0.4) is 0 Å². The summed E-state index contributed by atoms with van der Waals surface area (Å²) in [5.74, 6) is -0.840. The van der Waals surface area contributed by atoms with Gasteiger partial charge in [0.05, 0.1) is 11.6 Å². The number of fused-ring (bicyclic) bond motifs is 4. The molecule has 252 valence electrons. The van der Waals surface area contributed by atoms with Crippen molar-refractivity contribution < 1.29 is 29.6 Å². The molecule has 3 aromatic carbocycles. The molecule has 1 amide bonds. The van der Waals surface area contributed by atoms with Crippen molar-refractivity contribution in [2.45, 2.75) is 43.5 Å². The van der Waals surface area contributed by atoms with E-state index < -0.39 is 17.7 Å². The number of aromatic nitrogens is 1. The zero-order valence-corrected chi connectivity index (χ0v) is 26.7. The predicted octanol–water partition coefficient (Wildman–Crippen LogP) is 2.94. The normalized spacial score (nSPS) is 20.6. The van der Waals surface area contributed by atoms with E-state index in [1.165, 1.54) is 12.1 Å². The Morgan fingerprint density at radius 1 is 0.958 bits per heavy atom. The van der Waals surface area contributed by atoms with E-state index in [1.54, 1.807) is 60.7 Å². The number of nitrogens with zero attached hydrogens (tertiary/aromatic N) is 1. The Morgan fingerprint density at radius 3 is 2.46 bits per heavy atom. The summed E-state index contributed by atoms with van der Waals surface area (Å²) >= 11 is 0. The monoisotopic (exact) mass is 654 g/mol. The molecule has 2 bridgehead atoms. The number of aliphatic hydroxyl groups is 2. The maximum absolute atomic E-state index is 13.8. The Balaban J connectivity index is 1.02. The van der Waals surface area contributed by atoms with Gasteiger partial charge < -0.3 is 35.7 Å². The molecular formula is C37H42N4O7. The number of esters is 1. The molecule has 2 unspecified atom stereocenters. The van der Waals surface area contributed by atoms with Gasteiger partial charge in [0, 0.05) is 42.2 Å². The number of carbonyl (C=O) groups excluding carboxylic acids is 2. The minimum absolute atomic E-state index is 0.0607. The standard InChI is InChI=1S/C37H42N4O7/c42-30-13-11-28(29-12-14-33(44)40-34(29)30)31(43)22-38-17-4-5-18-39-35(45)25-7-6-10-27(21-25)37(47,26-8-2-1-3-9-26)36(46)48-32-23-41-19-15-24(32)16-20-41/h1-3,6-14,21,24,31-32,38,42-43,47H,4-5,15-20,22-23H2,(H,39,45)(H,40,44)/t31-,32?,37?/m0/s1. The van der Waals surface area contributed by atoms with E-state index >= 15 is 0 Å². The fourth-order valence-corrected chi connectivity index (χ4v) is 6.81. The van der Waals surface area contributed by atoms with Crippen molar-refractivity contribution in [3.8, 4) is 5.75 Å². The van der Waals surface area contributed by atoms with Gasteiger partial charge in [-0.25, -0.2) is 4.79 Å². The van der Waals surface area contributed by atoms with Gasteiger partial charge in [-0.15, -0.1) is 0 Å². The molecular weight excluding hydrogens is 612 g/mol. The minimum atomic E-state index is -2.08. The van der Waals surface area contributed by atoms with Crippen LogP contribution >= 0.6 is 0 Å². The molecule has 48 heavy (non-hydrogen) atoms. The topological polar surface area (TPSA) is 164 Å². The number of ether oxygens (including phenoxy) is 1. The number of aliphatic hydroxyl groups excluding tert-OH is 1. The van der Waals surface area contributed by atoms with Gasteiger partial charge in [0.15, 0.2) is 0 Å². The molecule has 0 saturated carbocycles. The summed E-state index contributed by atoms with van der Waals surface area (Å²) in [7, 11) is 0. The Kier molecular flexibility index (Phi) is 10.2. The third-order valence-electron chi connectivity index (χ3n) is 9.55. The average molecular weight is 655 g/mol. The lowest BCUT2D eigenvalue weighted by atomic mass is 9.84. The lowest BCUT2D eigenvalue weighted by Crippen LogP contribution is -2.53. The fourth-order valence-electron chi connectivity index (χ4n) is 6.81. The number of aromatic hydroxyl groups is 1. The molecule has 3 aliphatic heterocycles. The van der Waals surface area contributed by atoms with E-state index in [9.17, 15) is 29.7 Å². The number of pyridine rings is 1. The Hall–Kier alpha value is -4.55. The van der Waals surface area contributed by atoms with E-state index in [2.05, 4.69) is 20.5 Å². The van der Waals surface area contributed by atoms with E-state index in [4.69, 9.17) is 4.74 Å². The van der Waals surface area contributed by atoms with Crippen LogP contribution in [0.25, 0.3) is 10.9 Å². The first kappa shape index (κ1) is 33.4. The molecule has 11 heteroatoms. The molecule has 4 aromatic rings. The smallest absolute Gasteiger partial charge is 0.348 e. The minimum Gasteiger partial charge on any atom is -0.506 e. The molecule has 0 radical (unpaired) electrons. The molecule has 3 aliphatic rings. The van der Waals surface area contributed by atoms with Gasteiger partial charge in [-0.05, 0) is 86.6 Å². The van der Waals surface area contributed by atoms with Crippen LogP contribution in [-0.4, -0.2) is 82.5 Å². The SMILES string of the molecule is O=C(NCCCCNC[C@H](O)c1ccc(O)c2[nH]c(=O)ccc12)c1cccc(C(O)(C(=O)OC2CN3CCC2CC3)c2ccccc2)c1. The predicted molar refractivity (Wildman–Crippen MR) is 181 cm³/mol. The van der Waals surface area contributed by atoms with Crippen molar-refractivity contribution in [3.63, 3.8) is 0 Å². The molecule has 7 rings (SSSR count). The number of amides is 1. The Bertz CT molecular complexity index is 1800. The van der Waals surface area contributed by atoms with Crippen LogP contribution in [0.1, 0.15) is 58.8 Å². The molecule has 1 aromatic heterocycles. The summed E-state index contributed by atoms with van der Waals surface area (Å²) in [5, 5.41) is 39.5. The van der Waals surface area contributed by atoms with Crippen LogP contribution in [0.2, 0.25) is 0 Å². The number of hydrogen-bond donors (Lipinski definition) is 6. The average Bonchev–Trinajstić information content (AvgIpc) is 3.12. The number of hydrogen-bond acceptors (Lipinski definition) is 9. The zero-order valence-electron chi connectivity index (χ0n) is 26.7. The Morgan fingerprint density at radius 2 is 1.71 bits per heavy atom. The van der Waals surface area contributed by atoms with Gasteiger partial charge in [0.25, 0.3) is 5.91 Å². The van der Waals surface area contributed by atoms with Gasteiger partial charge in [0.1, 0.15) is 11.9 Å². The number of aromatic amines is 1. The van der Waals surface area contributed by atoms with Gasteiger partial charge in [-0.2, -0.15) is 0 Å². The molecule has 6 N–H and O–H groups in total. The van der Waals surface area contributed by atoms with Crippen molar-refractivity contribution in [2.24, 2.45) is 5.92 Å². The van der Waals surface area contributed by atoms with Crippen LogP contribution in [0, 0.1) is 5.92 Å². The van der Waals surface area contributed by atoms with Crippen LogP contribution < -0.4 is 16.2 Å². The summed E-state index contributed by atoms with van der Waals surface area (Å²) in [6.45, 7) is 3.95.